The molecule has 1 unspecified atom stereocenters. The van der Waals surface area contributed by atoms with E-state index in [0.29, 0.717) is 17.7 Å². The molecule has 0 aliphatic carbocycles. The molecule has 4 heterocycles. The van der Waals surface area contributed by atoms with E-state index in [0.717, 1.165) is 17.0 Å². The summed E-state index contributed by atoms with van der Waals surface area (Å²) in [5.74, 6) is -5.70. The van der Waals surface area contributed by atoms with Gasteiger partial charge in [0.25, 0.3) is 5.91 Å². The van der Waals surface area contributed by atoms with E-state index in [-0.39, 0.29) is 46.5 Å². The summed E-state index contributed by atoms with van der Waals surface area (Å²) in [6.07, 6.45) is 2.98. The lowest BCUT2D eigenvalue weighted by molar-refractivity contribution is -0.150. The van der Waals surface area contributed by atoms with Crippen molar-refractivity contribution in [1.82, 2.24) is 20.5 Å². The number of nitrogens with one attached hydrogen (secondary N) is 3. The molecule has 43 heavy (non-hydrogen) atoms. The van der Waals surface area contributed by atoms with Gasteiger partial charge in [-0.25, -0.2) is 9.18 Å². The first-order valence-electron chi connectivity index (χ1n) is 13.1. The molecular formula is C28H25BrFN5O7S. The molecule has 4 amide bonds. The third-order valence-electron chi connectivity index (χ3n) is 7.27. The van der Waals surface area contributed by atoms with Crippen molar-refractivity contribution >= 4 is 63.0 Å². The van der Waals surface area contributed by atoms with Crippen molar-refractivity contribution in [2.24, 2.45) is 0 Å². The number of aromatic nitrogens is 1. The first-order valence-corrected chi connectivity index (χ1v) is 15.2. The van der Waals surface area contributed by atoms with Crippen LogP contribution >= 0.6 is 27.7 Å². The number of aromatic hydroxyl groups is 1. The number of carboxylic acid groups (broad SMARTS) is 1. The standard InChI is InChI=1S/C28H25BrFN5O7S/c29-11-21(38)34-23-26(40)35-24(28(41)42)17(12-43-27(23)35)22(15-5-8-32-25(15)39)16(13-3-6-31-7-4-13)10-20(37)33-14-1-2-19(36)18(30)9-14/h1-4,6-7,9,16,23,27,36H,5,8,10-12H2,(H,32,39)(H,33,37)(H,34,38)(H,41,42)/t16?,23-,27-/m1/s1. The van der Waals surface area contributed by atoms with Gasteiger partial charge in [0.2, 0.25) is 17.7 Å². The van der Waals surface area contributed by atoms with Crippen LogP contribution in [0.1, 0.15) is 24.3 Å². The molecular weight excluding hydrogens is 649 g/mol. The van der Waals surface area contributed by atoms with Gasteiger partial charge in [-0.3, -0.25) is 29.1 Å². The molecule has 2 fully saturated rings. The average Bonchev–Trinajstić information content (AvgIpc) is 3.42. The molecule has 1 aromatic carbocycles. The van der Waals surface area contributed by atoms with Crippen LogP contribution in [0.15, 0.2) is 65.1 Å². The molecule has 5 N–H and O–H groups in total. The van der Waals surface area contributed by atoms with Crippen LogP contribution in [0.2, 0.25) is 0 Å². The number of hydrogen-bond donors (Lipinski definition) is 5. The minimum absolute atomic E-state index is 0.0289. The van der Waals surface area contributed by atoms with Crippen LogP contribution in [0.25, 0.3) is 0 Å². The zero-order valence-electron chi connectivity index (χ0n) is 22.3. The third-order valence-corrected chi connectivity index (χ3v) is 9.06. The summed E-state index contributed by atoms with van der Waals surface area (Å²) in [7, 11) is 0. The maximum Gasteiger partial charge on any atom is 0.352 e. The maximum absolute atomic E-state index is 13.9. The Balaban J connectivity index is 1.59. The summed E-state index contributed by atoms with van der Waals surface area (Å²) >= 11 is 4.28. The van der Waals surface area contributed by atoms with E-state index in [1.807, 2.05) is 0 Å². The van der Waals surface area contributed by atoms with Crippen LogP contribution in [0.5, 0.6) is 5.75 Å². The largest absolute Gasteiger partial charge is 0.505 e. The van der Waals surface area contributed by atoms with E-state index < -0.39 is 58.5 Å². The molecule has 15 heteroatoms. The number of allylic oxidation sites excluding steroid dienone is 1. The van der Waals surface area contributed by atoms with Gasteiger partial charge in [-0.1, -0.05) is 15.9 Å². The number of carbonyl (C=O) groups excluding carboxylic acids is 4. The highest BCUT2D eigenvalue weighted by Gasteiger charge is 2.55. The Morgan fingerprint density at radius 1 is 1.19 bits per heavy atom. The molecule has 3 aliphatic heterocycles. The molecule has 0 spiro atoms. The smallest absolute Gasteiger partial charge is 0.352 e. The van der Waals surface area contributed by atoms with Gasteiger partial charge < -0.3 is 26.2 Å². The molecule has 2 saturated heterocycles. The summed E-state index contributed by atoms with van der Waals surface area (Å²) in [5.41, 5.74) is 1.13. The van der Waals surface area contributed by atoms with Crippen molar-refractivity contribution in [3.05, 3.63) is 76.5 Å². The summed E-state index contributed by atoms with van der Waals surface area (Å²) in [5, 5.41) is 27.1. The fourth-order valence-electron chi connectivity index (χ4n) is 5.38. The number of nitrogens with zero attached hydrogens (tertiary/aromatic N) is 2. The van der Waals surface area contributed by atoms with Gasteiger partial charge >= 0.3 is 5.97 Å². The lowest BCUT2D eigenvalue weighted by atomic mass is 9.80. The second-order valence-corrected chi connectivity index (χ2v) is 11.5. The number of pyridine rings is 1. The number of aliphatic carboxylic acids is 1. The summed E-state index contributed by atoms with van der Waals surface area (Å²) in [4.78, 5) is 69.5. The number of rotatable bonds is 9. The Morgan fingerprint density at radius 3 is 2.56 bits per heavy atom. The Labute approximate surface area is 256 Å². The summed E-state index contributed by atoms with van der Waals surface area (Å²) < 4.78 is 13.9. The molecule has 5 rings (SSSR count). The number of phenolic OH excluding ortho intramolecular Hbond substituents is 1. The highest BCUT2D eigenvalue weighted by Crippen LogP contribution is 2.47. The van der Waals surface area contributed by atoms with E-state index in [1.165, 1.54) is 30.2 Å². The molecule has 0 bridgehead atoms. The number of anilines is 1. The number of amides is 4. The van der Waals surface area contributed by atoms with Crippen molar-refractivity contribution in [1.29, 1.82) is 0 Å². The van der Waals surface area contributed by atoms with E-state index in [2.05, 4.69) is 36.9 Å². The number of carboxylic acids is 1. The van der Waals surface area contributed by atoms with E-state index in [4.69, 9.17) is 0 Å². The molecule has 3 aliphatic rings. The first-order chi connectivity index (χ1) is 20.6. The minimum atomic E-state index is -1.40. The number of carbonyl (C=O) groups is 5. The van der Waals surface area contributed by atoms with Crippen molar-refractivity contribution in [3.63, 3.8) is 0 Å². The number of benzene rings is 1. The number of alkyl halides is 1. The number of hydrogen-bond acceptors (Lipinski definition) is 8. The molecule has 0 radical (unpaired) electrons. The van der Waals surface area contributed by atoms with Gasteiger partial charge in [-0.15, -0.1) is 11.8 Å². The van der Waals surface area contributed by atoms with Gasteiger partial charge in [0.05, 0.1) is 5.33 Å². The number of phenols is 1. The molecule has 224 valence electrons. The Hall–Kier alpha value is -4.24. The van der Waals surface area contributed by atoms with Gasteiger partial charge in [0.1, 0.15) is 17.1 Å². The average molecular weight is 675 g/mol. The maximum atomic E-state index is 13.9. The Kier molecular flexibility index (Phi) is 8.82. The van der Waals surface area contributed by atoms with E-state index in [1.54, 1.807) is 12.1 Å². The number of fused-ring (bicyclic) bond motifs is 1. The molecule has 3 atom stereocenters. The lowest BCUT2D eigenvalue weighted by Gasteiger charge is -2.50. The number of thioether (sulfide) groups is 1. The Bertz CT molecular complexity index is 1580. The third kappa shape index (κ3) is 5.99. The molecule has 0 saturated carbocycles. The lowest BCUT2D eigenvalue weighted by Crippen LogP contribution is -2.70. The van der Waals surface area contributed by atoms with E-state index in [9.17, 15) is 38.6 Å². The predicted octanol–water partition coefficient (Wildman–Crippen LogP) is 1.99. The van der Waals surface area contributed by atoms with Crippen LogP contribution in [0.3, 0.4) is 0 Å². The van der Waals surface area contributed by atoms with Gasteiger partial charge in [0, 0.05) is 54.4 Å². The van der Waals surface area contributed by atoms with Gasteiger partial charge in [-0.05, 0) is 47.4 Å². The SMILES string of the molecule is O=C(CC(C(=C1CCNC1=O)C1=C(C(=O)O)N2C(=O)[C@@H](NC(=O)CBr)[C@H]2SC1)c1ccncc1)Nc1ccc(O)c(F)c1. The second-order valence-electron chi connectivity index (χ2n) is 9.87. The first kappa shape index (κ1) is 30.2. The van der Waals surface area contributed by atoms with Crippen molar-refractivity contribution < 1.29 is 38.6 Å². The van der Waals surface area contributed by atoms with Crippen molar-refractivity contribution in [2.75, 3.05) is 22.9 Å². The molecule has 1 aromatic heterocycles. The van der Waals surface area contributed by atoms with Crippen LogP contribution in [-0.2, 0) is 24.0 Å². The summed E-state index contributed by atoms with van der Waals surface area (Å²) in [6.45, 7) is 0.300. The fraction of sp³-hybridized carbons (Fsp3) is 0.286. The van der Waals surface area contributed by atoms with Crippen molar-refractivity contribution in [3.8, 4) is 5.75 Å². The minimum Gasteiger partial charge on any atom is -0.505 e. The topological polar surface area (TPSA) is 178 Å². The second kappa shape index (κ2) is 12.6. The van der Waals surface area contributed by atoms with Gasteiger partial charge in [-0.2, -0.15) is 0 Å². The van der Waals surface area contributed by atoms with Crippen LogP contribution < -0.4 is 16.0 Å². The zero-order chi connectivity index (χ0) is 30.8. The normalized spacial score (nSPS) is 21.4. The highest BCUT2D eigenvalue weighted by molar-refractivity contribution is 9.09. The van der Waals surface area contributed by atoms with E-state index >= 15 is 0 Å². The monoisotopic (exact) mass is 673 g/mol. The fourth-order valence-corrected chi connectivity index (χ4v) is 6.91. The predicted molar refractivity (Wildman–Crippen MR) is 156 cm³/mol. The van der Waals surface area contributed by atoms with Crippen LogP contribution in [0.4, 0.5) is 10.1 Å². The molecule has 12 nitrogen and oxygen atoms in total. The Morgan fingerprint density at radius 2 is 1.93 bits per heavy atom. The van der Waals surface area contributed by atoms with Crippen molar-refractivity contribution in [2.45, 2.75) is 30.2 Å². The number of β-lactam (4-membered cyclic amide) rings is 1. The van der Waals surface area contributed by atoms with Gasteiger partial charge in [0.15, 0.2) is 11.6 Å². The van der Waals surface area contributed by atoms with Crippen LogP contribution in [-0.4, -0.2) is 78.7 Å². The molecule has 2 aromatic rings. The summed E-state index contributed by atoms with van der Waals surface area (Å²) in [6, 6.07) is 5.76. The number of halogens is 2. The quantitative estimate of drug-likeness (QED) is 0.115. The zero-order valence-corrected chi connectivity index (χ0v) is 24.7. The highest BCUT2D eigenvalue weighted by atomic mass is 79.9. The van der Waals surface area contributed by atoms with Crippen LogP contribution in [0, 0.1) is 5.82 Å².